The van der Waals surface area contributed by atoms with Crippen LogP contribution in [0.2, 0.25) is 0 Å². The molecular formula is C15H19N3O. The monoisotopic (exact) mass is 257 g/mol. The Balaban J connectivity index is 2.60. The van der Waals surface area contributed by atoms with E-state index in [0.29, 0.717) is 5.95 Å². The molecule has 1 N–H and O–H groups in total. The Morgan fingerprint density at radius 3 is 2.53 bits per heavy atom. The number of aromatic nitrogens is 2. The molecule has 1 aromatic heterocycles. The fraction of sp³-hybridized carbons (Fsp3) is 0.333. The van der Waals surface area contributed by atoms with E-state index < -0.39 is 0 Å². The molecule has 0 atom stereocenters. The topological polar surface area (TPSA) is 49.2 Å². The number of hydrogen-bond acceptors (Lipinski definition) is 4. The van der Waals surface area contributed by atoms with Crippen LogP contribution < -0.4 is 4.90 Å². The van der Waals surface area contributed by atoms with Gasteiger partial charge in [0.25, 0.3) is 0 Å². The number of anilines is 1. The van der Waals surface area contributed by atoms with Crippen molar-refractivity contribution >= 4 is 5.95 Å². The molecule has 0 bridgehead atoms. The van der Waals surface area contributed by atoms with Crippen molar-refractivity contribution in [1.29, 1.82) is 0 Å². The summed E-state index contributed by atoms with van der Waals surface area (Å²) in [4.78, 5) is 11.0. The van der Waals surface area contributed by atoms with Crippen LogP contribution in [-0.4, -0.2) is 29.2 Å². The van der Waals surface area contributed by atoms with Crippen molar-refractivity contribution in [3.05, 3.63) is 41.1 Å². The number of rotatable bonds is 3. The maximum Gasteiger partial charge on any atom is 0.225 e. The Labute approximate surface area is 113 Å². The first-order valence-electron chi connectivity index (χ1n) is 6.25. The summed E-state index contributed by atoms with van der Waals surface area (Å²) in [5, 5.41) is 9.23. The number of aryl methyl sites for hydroxylation is 1. The molecule has 19 heavy (non-hydrogen) atoms. The molecule has 100 valence electrons. The van der Waals surface area contributed by atoms with Crippen LogP contribution >= 0.6 is 0 Å². The van der Waals surface area contributed by atoms with Gasteiger partial charge in [0, 0.05) is 25.4 Å². The maximum absolute atomic E-state index is 9.23. The van der Waals surface area contributed by atoms with Crippen molar-refractivity contribution < 1.29 is 5.11 Å². The van der Waals surface area contributed by atoms with E-state index in [-0.39, 0.29) is 6.61 Å². The summed E-state index contributed by atoms with van der Waals surface area (Å²) in [5.41, 5.74) is 4.87. The molecule has 2 rings (SSSR count). The van der Waals surface area contributed by atoms with Crippen LogP contribution in [0.25, 0.3) is 11.3 Å². The highest BCUT2D eigenvalue weighted by molar-refractivity contribution is 5.65. The van der Waals surface area contributed by atoms with E-state index in [4.69, 9.17) is 0 Å². The zero-order chi connectivity index (χ0) is 14.0. The molecule has 0 aliphatic rings. The first-order chi connectivity index (χ1) is 9.02. The molecule has 0 amide bonds. The van der Waals surface area contributed by atoms with Gasteiger partial charge < -0.3 is 10.0 Å². The molecule has 0 aliphatic carbocycles. The van der Waals surface area contributed by atoms with Crippen LogP contribution in [0.3, 0.4) is 0 Å². The Morgan fingerprint density at radius 2 is 1.89 bits per heavy atom. The second-order valence-corrected chi connectivity index (χ2v) is 4.84. The van der Waals surface area contributed by atoms with E-state index in [2.05, 4.69) is 9.97 Å². The molecule has 1 aromatic carbocycles. The van der Waals surface area contributed by atoms with Gasteiger partial charge in [-0.25, -0.2) is 9.97 Å². The number of aliphatic hydroxyl groups excluding tert-OH is 1. The fourth-order valence-corrected chi connectivity index (χ4v) is 1.91. The van der Waals surface area contributed by atoms with Crippen LogP contribution in [0.5, 0.6) is 0 Å². The molecule has 0 spiro atoms. The van der Waals surface area contributed by atoms with Crippen molar-refractivity contribution in [2.75, 3.05) is 19.0 Å². The minimum absolute atomic E-state index is 0.0392. The molecular weight excluding hydrogens is 238 g/mol. The van der Waals surface area contributed by atoms with Gasteiger partial charge in [0.05, 0.1) is 12.3 Å². The molecule has 2 aromatic rings. The average molecular weight is 257 g/mol. The zero-order valence-electron chi connectivity index (χ0n) is 11.8. The molecule has 0 radical (unpaired) electrons. The summed E-state index contributed by atoms with van der Waals surface area (Å²) in [6.07, 6.45) is 0. The second kappa shape index (κ2) is 5.36. The van der Waals surface area contributed by atoms with E-state index in [1.165, 1.54) is 0 Å². The van der Waals surface area contributed by atoms with Gasteiger partial charge in [-0.05, 0) is 31.0 Å². The standard InChI is InChI=1S/C15H19N3O/c1-10-11(2)16-15(18(3)4)17-14(10)13-7-5-6-12(8-13)9-19/h5-8,19H,9H2,1-4H3. The van der Waals surface area contributed by atoms with Gasteiger partial charge in [0.2, 0.25) is 5.95 Å². The van der Waals surface area contributed by atoms with Crippen molar-refractivity contribution in [3.63, 3.8) is 0 Å². The third-order valence-electron chi connectivity index (χ3n) is 3.16. The summed E-state index contributed by atoms with van der Waals surface area (Å²) in [6, 6.07) is 7.81. The Bertz CT molecular complexity index is 594. The van der Waals surface area contributed by atoms with Gasteiger partial charge in [-0.2, -0.15) is 0 Å². The predicted octanol–water partition coefficient (Wildman–Crippen LogP) is 2.32. The molecule has 0 fully saturated rings. The Morgan fingerprint density at radius 1 is 1.16 bits per heavy atom. The van der Waals surface area contributed by atoms with Crippen LogP contribution in [0.4, 0.5) is 5.95 Å². The van der Waals surface area contributed by atoms with Gasteiger partial charge in [0.1, 0.15) is 0 Å². The van der Waals surface area contributed by atoms with Crippen molar-refractivity contribution in [3.8, 4) is 11.3 Å². The maximum atomic E-state index is 9.23. The van der Waals surface area contributed by atoms with Crippen molar-refractivity contribution in [2.24, 2.45) is 0 Å². The Kier molecular flexibility index (Phi) is 3.81. The van der Waals surface area contributed by atoms with Crippen LogP contribution in [0.15, 0.2) is 24.3 Å². The number of benzene rings is 1. The normalized spacial score (nSPS) is 10.6. The van der Waals surface area contributed by atoms with E-state index in [1.807, 2.05) is 57.1 Å². The third kappa shape index (κ3) is 2.74. The summed E-state index contributed by atoms with van der Waals surface area (Å²) in [6.45, 7) is 4.05. The van der Waals surface area contributed by atoms with E-state index in [1.54, 1.807) is 0 Å². The molecule has 1 heterocycles. The van der Waals surface area contributed by atoms with Crippen LogP contribution in [0.1, 0.15) is 16.8 Å². The Hall–Kier alpha value is -1.94. The molecule has 0 saturated carbocycles. The van der Waals surface area contributed by atoms with Crippen LogP contribution in [-0.2, 0) is 6.61 Å². The summed E-state index contributed by atoms with van der Waals surface area (Å²) < 4.78 is 0. The first kappa shape index (κ1) is 13.5. The minimum Gasteiger partial charge on any atom is -0.392 e. The van der Waals surface area contributed by atoms with Crippen molar-refractivity contribution in [1.82, 2.24) is 9.97 Å². The molecule has 0 unspecified atom stereocenters. The van der Waals surface area contributed by atoms with E-state index in [9.17, 15) is 5.11 Å². The van der Waals surface area contributed by atoms with E-state index in [0.717, 1.165) is 28.1 Å². The fourth-order valence-electron chi connectivity index (χ4n) is 1.91. The number of aliphatic hydroxyl groups is 1. The lowest BCUT2D eigenvalue weighted by atomic mass is 10.0. The highest BCUT2D eigenvalue weighted by Gasteiger charge is 2.11. The van der Waals surface area contributed by atoms with Gasteiger partial charge in [-0.3, -0.25) is 0 Å². The lowest BCUT2D eigenvalue weighted by molar-refractivity contribution is 0.282. The lowest BCUT2D eigenvalue weighted by Gasteiger charge is -2.15. The van der Waals surface area contributed by atoms with Gasteiger partial charge in [-0.15, -0.1) is 0 Å². The highest BCUT2D eigenvalue weighted by Crippen LogP contribution is 2.25. The largest absolute Gasteiger partial charge is 0.392 e. The average Bonchev–Trinajstić information content (AvgIpc) is 2.41. The number of hydrogen-bond donors (Lipinski definition) is 1. The minimum atomic E-state index is 0.0392. The van der Waals surface area contributed by atoms with Gasteiger partial charge >= 0.3 is 0 Å². The summed E-state index contributed by atoms with van der Waals surface area (Å²) in [7, 11) is 3.86. The number of nitrogens with zero attached hydrogens (tertiary/aromatic N) is 3. The first-order valence-corrected chi connectivity index (χ1v) is 6.25. The molecule has 0 aliphatic heterocycles. The van der Waals surface area contributed by atoms with E-state index >= 15 is 0 Å². The SMILES string of the molecule is Cc1nc(N(C)C)nc(-c2cccc(CO)c2)c1C. The van der Waals surface area contributed by atoms with Crippen LogP contribution in [0, 0.1) is 13.8 Å². The molecule has 0 saturated heterocycles. The zero-order valence-corrected chi connectivity index (χ0v) is 11.8. The van der Waals surface area contributed by atoms with Crippen molar-refractivity contribution in [2.45, 2.75) is 20.5 Å². The van der Waals surface area contributed by atoms with Gasteiger partial charge in [0.15, 0.2) is 0 Å². The predicted molar refractivity (Wildman–Crippen MR) is 77.2 cm³/mol. The summed E-state index contributed by atoms with van der Waals surface area (Å²) in [5.74, 6) is 0.701. The molecule has 4 heteroatoms. The highest BCUT2D eigenvalue weighted by atomic mass is 16.3. The smallest absolute Gasteiger partial charge is 0.225 e. The second-order valence-electron chi connectivity index (χ2n) is 4.84. The quantitative estimate of drug-likeness (QED) is 0.916. The summed E-state index contributed by atoms with van der Waals surface area (Å²) >= 11 is 0. The molecule has 4 nitrogen and oxygen atoms in total. The third-order valence-corrected chi connectivity index (χ3v) is 3.16. The lowest BCUT2D eigenvalue weighted by Crippen LogP contribution is -2.14. The van der Waals surface area contributed by atoms with Gasteiger partial charge in [-0.1, -0.05) is 18.2 Å².